The molecule has 1 N–H and O–H groups in total. The zero-order valence-corrected chi connectivity index (χ0v) is 27.0. The minimum Gasteiger partial charge on any atom is -0.466 e. The standard InChI is InChI=1S/C36H40N6O5/c1-36(2,3)47-35(44)39-27-15-10-16-40(22-27)33-28(20-37)31-32(41(33)21-26-13-8-5-9-14-26)34(43)42(24-38-31)29(30-23-45-17-18-46-30)19-25-11-6-4-7-12-25/h4-6,8-9,11,13-14,17-18,23-24,27,29H,7,10,12,15-16,19,21-22H2,1-3H3,(H,39,44). The molecule has 11 nitrogen and oxygen atoms in total. The normalized spacial score (nSPS) is 18.4. The van der Waals surface area contributed by atoms with E-state index in [1.807, 2.05) is 61.7 Å². The van der Waals surface area contributed by atoms with Crippen molar-refractivity contribution in [2.24, 2.45) is 0 Å². The monoisotopic (exact) mass is 636 g/mol. The van der Waals surface area contributed by atoms with Crippen LogP contribution in [0.3, 0.4) is 0 Å². The molecule has 0 spiro atoms. The Labute approximate surface area is 274 Å². The first-order chi connectivity index (χ1) is 22.7. The van der Waals surface area contributed by atoms with Gasteiger partial charge < -0.3 is 29.0 Å². The van der Waals surface area contributed by atoms with Crippen LogP contribution < -0.4 is 15.8 Å². The number of benzene rings is 1. The number of piperidine rings is 1. The number of hydrogen-bond acceptors (Lipinski definition) is 8. The number of alkyl carbamates (subject to hydrolysis) is 1. The molecule has 3 aliphatic rings. The summed E-state index contributed by atoms with van der Waals surface area (Å²) in [6.45, 7) is 6.93. The number of nitriles is 1. The Kier molecular flexibility index (Phi) is 9.20. The number of nitrogens with zero attached hydrogens (tertiary/aromatic N) is 5. The van der Waals surface area contributed by atoms with E-state index in [2.05, 4.69) is 28.4 Å². The molecule has 11 heteroatoms. The fourth-order valence-electron chi connectivity index (χ4n) is 6.40. The summed E-state index contributed by atoms with van der Waals surface area (Å²) in [7, 11) is 0. The Hall–Kier alpha value is -5.24. The summed E-state index contributed by atoms with van der Waals surface area (Å²) in [6, 6.07) is 11.5. The maximum Gasteiger partial charge on any atom is 0.407 e. The first-order valence-electron chi connectivity index (χ1n) is 16.1. The highest BCUT2D eigenvalue weighted by atomic mass is 16.6. The largest absolute Gasteiger partial charge is 0.466 e. The summed E-state index contributed by atoms with van der Waals surface area (Å²) in [5, 5.41) is 13.6. The molecule has 0 bridgehead atoms. The topological polar surface area (TPSA) is 124 Å². The lowest BCUT2D eigenvalue weighted by Crippen LogP contribution is -2.49. The average molecular weight is 637 g/mol. The summed E-state index contributed by atoms with van der Waals surface area (Å²) >= 11 is 0. The Morgan fingerprint density at radius 2 is 2.06 bits per heavy atom. The Balaban J connectivity index is 1.46. The van der Waals surface area contributed by atoms with Gasteiger partial charge in [0.2, 0.25) is 0 Å². The van der Waals surface area contributed by atoms with Gasteiger partial charge in [-0.15, -0.1) is 0 Å². The van der Waals surface area contributed by atoms with E-state index in [1.165, 1.54) is 30.7 Å². The van der Waals surface area contributed by atoms with Gasteiger partial charge in [-0.25, -0.2) is 9.78 Å². The molecule has 4 heterocycles. The minimum atomic E-state index is -0.622. The van der Waals surface area contributed by atoms with Crippen molar-refractivity contribution in [1.29, 1.82) is 5.26 Å². The van der Waals surface area contributed by atoms with E-state index in [-0.39, 0.29) is 11.6 Å². The van der Waals surface area contributed by atoms with E-state index in [9.17, 15) is 14.9 Å². The van der Waals surface area contributed by atoms with E-state index in [1.54, 1.807) is 4.57 Å². The van der Waals surface area contributed by atoms with Crippen molar-refractivity contribution in [3.8, 4) is 6.07 Å². The molecule has 1 aromatic carbocycles. The summed E-state index contributed by atoms with van der Waals surface area (Å²) in [6.07, 6.45) is 15.5. The third-order valence-corrected chi connectivity index (χ3v) is 8.44. The predicted octanol–water partition coefficient (Wildman–Crippen LogP) is 6.18. The zero-order chi connectivity index (χ0) is 33.0. The van der Waals surface area contributed by atoms with Crippen LogP contribution in [0.2, 0.25) is 0 Å². The van der Waals surface area contributed by atoms with Crippen LogP contribution in [0.4, 0.5) is 10.6 Å². The van der Waals surface area contributed by atoms with E-state index in [0.29, 0.717) is 54.2 Å². The summed E-state index contributed by atoms with van der Waals surface area (Å²) in [5.74, 6) is 1.10. The van der Waals surface area contributed by atoms with Crippen LogP contribution in [-0.2, 0) is 20.8 Å². The van der Waals surface area contributed by atoms with Crippen LogP contribution in [0.15, 0.2) is 89.8 Å². The highest BCUT2D eigenvalue weighted by molar-refractivity contribution is 5.89. The molecule has 244 valence electrons. The lowest BCUT2D eigenvalue weighted by molar-refractivity contribution is 0.0500. The summed E-state index contributed by atoms with van der Waals surface area (Å²) < 4.78 is 20.3. The van der Waals surface area contributed by atoms with Gasteiger partial charge in [-0.05, 0) is 58.4 Å². The molecule has 2 atom stereocenters. The third-order valence-electron chi connectivity index (χ3n) is 8.44. The van der Waals surface area contributed by atoms with Gasteiger partial charge in [0.1, 0.15) is 58.9 Å². The predicted molar refractivity (Wildman–Crippen MR) is 178 cm³/mol. The maximum atomic E-state index is 14.7. The van der Waals surface area contributed by atoms with Crippen LogP contribution >= 0.6 is 0 Å². The van der Waals surface area contributed by atoms with Gasteiger partial charge in [-0.3, -0.25) is 9.36 Å². The van der Waals surface area contributed by atoms with Gasteiger partial charge in [0, 0.05) is 25.7 Å². The molecule has 6 rings (SSSR count). The molecule has 2 aliphatic heterocycles. The number of fused-ring (bicyclic) bond motifs is 1. The fourth-order valence-corrected chi connectivity index (χ4v) is 6.40. The van der Waals surface area contributed by atoms with Crippen molar-refractivity contribution in [3.05, 3.63) is 106 Å². The van der Waals surface area contributed by atoms with E-state index >= 15 is 0 Å². The number of nitrogens with one attached hydrogen (secondary N) is 1. The van der Waals surface area contributed by atoms with Crippen LogP contribution in [0.1, 0.15) is 70.0 Å². The fraction of sp³-hybridized carbons (Fsp3) is 0.389. The third kappa shape index (κ3) is 7.12. The number of rotatable bonds is 8. The number of aromatic nitrogens is 3. The molecular formula is C36H40N6O5. The molecule has 0 radical (unpaired) electrons. The molecule has 0 saturated carbocycles. The molecular weight excluding hydrogens is 596 g/mol. The smallest absolute Gasteiger partial charge is 0.407 e. The van der Waals surface area contributed by atoms with Gasteiger partial charge >= 0.3 is 6.09 Å². The molecule has 1 fully saturated rings. The number of anilines is 1. The van der Waals surface area contributed by atoms with Gasteiger partial charge in [0.05, 0.1) is 6.33 Å². The van der Waals surface area contributed by atoms with Gasteiger partial charge in [-0.1, -0.05) is 54.1 Å². The van der Waals surface area contributed by atoms with Crippen molar-refractivity contribution < 1.29 is 19.0 Å². The van der Waals surface area contributed by atoms with Gasteiger partial charge in [0.25, 0.3) is 5.56 Å². The molecule has 3 aromatic rings. The molecule has 1 amide bonds. The van der Waals surface area contributed by atoms with Gasteiger partial charge in [0.15, 0.2) is 5.76 Å². The number of hydrogen-bond donors (Lipinski definition) is 1. The average Bonchev–Trinajstić information content (AvgIpc) is 3.38. The second kappa shape index (κ2) is 13.6. The van der Waals surface area contributed by atoms with Crippen LogP contribution in [-0.4, -0.2) is 44.9 Å². The number of carbonyl (C=O) groups is 1. The van der Waals surface area contributed by atoms with E-state index < -0.39 is 17.7 Å². The quantitative estimate of drug-likeness (QED) is 0.311. The SMILES string of the molecule is CC(C)(C)OC(=O)NC1CCCN(c2c(C#N)c3ncn(C(CC4=CC=CCC4)C4=COC=CO4)c(=O)c3n2Cc2ccccc2)C1. The van der Waals surface area contributed by atoms with Crippen LogP contribution in [0.5, 0.6) is 0 Å². The molecule has 1 saturated heterocycles. The highest BCUT2D eigenvalue weighted by Gasteiger charge is 2.32. The van der Waals surface area contributed by atoms with Crippen molar-refractivity contribution in [2.45, 2.75) is 77.1 Å². The highest BCUT2D eigenvalue weighted by Crippen LogP contribution is 2.35. The second-order valence-electron chi connectivity index (χ2n) is 13.0. The van der Waals surface area contributed by atoms with E-state index in [4.69, 9.17) is 19.2 Å². The van der Waals surface area contributed by atoms with Crippen molar-refractivity contribution in [1.82, 2.24) is 19.4 Å². The van der Waals surface area contributed by atoms with Crippen LogP contribution in [0.25, 0.3) is 11.0 Å². The maximum absolute atomic E-state index is 14.7. The Bertz CT molecular complexity index is 1850. The van der Waals surface area contributed by atoms with Crippen molar-refractivity contribution >= 4 is 22.9 Å². The number of amides is 1. The first-order valence-corrected chi connectivity index (χ1v) is 16.1. The molecule has 2 unspecified atom stereocenters. The molecule has 47 heavy (non-hydrogen) atoms. The number of allylic oxidation sites excluding steroid dienone is 5. The van der Waals surface area contributed by atoms with Crippen molar-refractivity contribution in [3.63, 3.8) is 0 Å². The van der Waals surface area contributed by atoms with Gasteiger partial charge in [-0.2, -0.15) is 5.26 Å². The summed E-state index contributed by atoms with van der Waals surface area (Å²) in [5.41, 5.74) is 2.25. The zero-order valence-electron chi connectivity index (χ0n) is 27.0. The lowest BCUT2D eigenvalue weighted by Gasteiger charge is -2.35. The lowest BCUT2D eigenvalue weighted by atomic mass is 9.97. The second-order valence-corrected chi connectivity index (χ2v) is 13.0. The first kappa shape index (κ1) is 31.7. The molecule has 1 aliphatic carbocycles. The Morgan fingerprint density at radius 1 is 1.23 bits per heavy atom. The minimum absolute atomic E-state index is 0.205. The number of ether oxygens (including phenoxy) is 3. The Morgan fingerprint density at radius 3 is 2.77 bits per heavy atom. The van der Waals surface area contributed by atoms with Crippen LogP contribution in [0, 0.1) is 11.3 Å². The number of carbonyl (C=O) groups excluding carboxylic acids is 1. The van der Waals surface area contributed by atoms with E-state index in [0.717, 1.165) is 31.2 Å². The molecule has 2 aromatic heterocycles. The van der Waals surface area contributed by atoms with Crippen molar-refractivity contribution in [2.75, 3.05) is 18.0 Å². The summed E-state index contributed by atoms with van der Waals surface area (Å²) in [4.78, 5) is 34.2.